The number of hydrogen-bond acceptors (Lipinski definition) is 5. The molecule has 0 fully saturated rings. The molecular formula is C19H17FN6OS. The van der Waals surface area contributed by atoms with Crippen LogP contribution in [0.2, 0.25) is 0 Å². The van der Waals surface area contributed by atoms with E-state index in [1.807, 2.05) is 25.1 Å². The summed E-state index contributed by atoms with van der Waals surface area (Å²) < 4.78 is 17.6. The van der Waals surface area contributed by atoms with Crippen LogP contribution in [0.3, 0.4) is 0 Å². The Bertz CT molecular complexity index is 1150. The molecular weight excluding hydrogens is 379 g/mol. The van der Waals surface area contributed by atoms with Gasteiger partial charge in [0.2, 0.25) is 0 Å². The number of carbonyl (C=O) groups excluding carboxylic acids is 1. The second-order valence-corrected chi connectivity index (χ2v) is 7.08. The molecule has 0 unspecified atom stereocenters. The quantitative estimate of drug-likeness (QED) is 0.545. The largest absolute Gasteiger partial charge is 0.338 e. The predicted octanol–water partition coefficient (Wildman–Crippen LogP) is 4.04. The summed E-state index contributed by atoms with van der Waals surface area (Å²) >= 11 is 1.21. The van der Waals surface area contributed by atoms with Gasteiger partial charge in [-0.15, -0.1) is 0 Å². The van der Waals surface area contributed by atoms with E-state index in [1.165, 1.54) is 11.3 Å². The number of anilines is 1. The minimum Gasteiger partial charge on any atom is -0.338 e. The maximum Gasteiger partial charge on any atom is 0.321 e. The number of fused-ring (bicyclic) bond motifs is 1. The van der Waals surface area contributed by atoms with Gasteiger partial charge in [-0.25, -0.2) is 14.2 Å². The van der Waals surface area contributed by atoms with E-state index in [4.69, 9.17) is 0 Å². The van der Waals surface area contributed by atoms with Gasteiger partial charge in [0.05, 0.1) is 16.6 Å². The van der Waals surface area contributed by atoms with Crippen molar-refractivity contribution in [2.24, 2.45) is 7.05 Å². The number of benzene rings is 1. The maximum absolute atomic E-state index is 15.3. The molecule has 4 rings (SSSR count). The number of rotatable bonds is 4. The molecule has 1 aromatic carbocycles. The van der Waals surface area contributed by atoms with Crippen LogP contribution in [0.5, 0.6) is 0 Å². The Morgan fingerprint density at radius 3 is 2.86 bits per heavy atom. The predicted molar refractivity (Wildman–Crippen MR) is 108 cm³/mol. The topological polar surface area (TPSA) is 84.7 Å². The highest BCUT2D eigenvalue weighted by atomic mass is 32.1. The van der Waals surface area contributed by atoms with E-state index in [-0.39, 0.29) is 11.5 Å². The van der Waals surface area contributed by atoms with Crippen molar-refractivity contribution in [3.05, 3.63) is 48.7 Å². The van der Waals surface area contributed by atoms with Gasteiger partial charge in [0.1, 0.15) is 5.52 Å². The van der Waals surface area contributed by atoms with Crippen LogP contribution < -0.4 is 10.6 Å². The first kappa shape index (κ1) is 18.1. The summed E-state index contributed by atoms with van der Waals surface area (Å²) in [5, 5.41) is 9.75. The summed E-state index contributed by atoms with van der Waals surface area (Å²) in [5.74, 6) is -0.456. The number of aryl methyl sites for hydroxylation is 1. The second kappa shape index (κ2) is 7.35. The standard InChI is InChI=1S/C19H17FN6OS/c1-3-21-18(27)25-19-24-16-15(20)12(11-9-23-26(2)10-11)8-13(17(16)28-19)14-6-4-5-7-22-14/h4-10H,3H2,1-2H3,(H2,21,24,25,27). The Labute approximate surface area is 164 Å². The van der Waals surface area contributed by atoms with Crippen molar-refractivity contribution < 1.29 is 9.18 Å². The molecule has 7 nitrogen and oxygen atoms in total. The minimum atomic E-state index is -0.456. The normalized spacial score (nSPS) is 11.0. The highest BCUT2D eigenvalue weighted by Crippen LogP contribution is 2.40. The first-order valence-electron chi connectivity index (χ1n) is 8.65. The summed E-state index contributed by atoms with van der Waals surface area (Å²) in [6, 6.07) is 6.92. The van der Waals surface area contributed by atoms with Gasteiger partial charge in [-0.05, 0) is 25.1 Å². The number of hydrogen-bond donors (Lipinski definition) is 2. The third-order valence-corrected chi connectivity index (χ3v) is 5.12. The monoisotopic (exact) mass is 396 g/mol. The lowest BCUT2D eigenvalue weighted by molar-refractivity contribution is 0.252. The number of pyridine rings is 1. The molecule has 0 saturated carbocycles. The van der Waals surface area contributed by atoms with Gasteiger partial charge in [0.25, 0.3) is 0 Å². The molecule has 0 radical (unpaired) electrons. The number of nitrogens with zero attached hydrogens (tertiary/aromatic N) is 4. The van der Waals surface area contributed by atoms with Gasteiger partial charge < -0.3 is 5.32 Å². The van der Waals surface area contributed by atoms with Crippen molar-refractivity contribution in [1.29, 1.82) is 0 Å². The number of carbonyl (C=O) groups is 1. The van der Waals surface area contributed by atoms with E-state index >= 15 is 4.39 Å². The van der Waals surface area contributed by atoms with Crippen LogP contribution in [0.4, 0.5) is 14.3 Å². The van der Waals surface area contributed by atoms with Gasteiger partial charge in [0, 0.05) is 42.7 Å². The highest BCUT2D eigenvalue weighted by Gasteiger charge is 2.21. The van der Waals surface area contributed by atoms with Crippen LogP contribution in [0.1, 0.15) is 6.92 Å². The van der Waals surface area contributed by atoms with Gasteiger partial charge in [0.15, 0.2) is 10.9 Å². The van der Waals surface area contributed by atoms with Crippen molar-refractivity contribution in [3.8, 4) is 22.4 Å². The van der Waals surface area contributed by atoms with E-state index in [0.29, 0.717) is 33.2 Å². The summed E-state index contributed by atoms with van der Waals surface area (Å²) in [6.07, 6.45) is 5.03. The van der Waals surface area contributed by atoms with Crippen LogP contribution >= 0.6 is 11.3 Å². The van der Waals surface area contributed by atoms with Crippen molar-refractivity contribution in [3.63, 3.8) is 0 Å². The zero-order valence-electron chi connectivity index (χ0n) is 15.2. The van der Waals surface area contributed by atoms with Crippen molar-refractivity contribution in [1.82, 2.24) is 25.1 Å². The molecule has 142 valence electrons. The molecule has 0 aliphatic carbocycles. The van der Waals surface area contributed by atoms with Crippen LogP contribution in [0, 0.1) is 5.82 Å². The summed E-state index contributed by atoms with van der Waals surface area (Å²) in [5.41, 5.74) is 2.67. The van der Waals surface area contributed by atoms with E-state index < -0.39 is 5.82 Å². The fraction of sp³-hybridized carbons (Fsp3) is 0.158. The highest BCUT2D eigenvalue weighted by molar-refractivity contribution is 7.22. The number of thiazole rings is 1. The smallest absolute Gasteiger partial charge is 0.321 e. The summed E-state index contributed by atoms with van der Waals surface area (Å²) in [6.45, 7) is 2.30. The minimum absolute atomic E-state index is 0.193. The fourth-order valence-corrected chi connectivity index (χ4v) is 3.87. The molecule has 2 N–H and O–H groups in total. The van der Waals surface area contributed by atoms with Gasteiger partial charge in [-0.3, -0.25) is 15.0 Å². The van der Waals surface area contributed by atoms with E-state index in [9.17, 15) is 4.79 Å². The van der Waals surface area contributed by atoms with E-state index in [1.54, 1.807) is 36.4 Å². The Balaban J connectivity index is 1.92. The first-order chi connectivity index (χ1) is 13.6. The Morgan fingerprint density at radius 2 is 2.18 bits per heavy atom. The lowest BCUT2D eigenvalue weighted by atomic mass is 10.0. The van der Waals surface area contributed by atoms with Crippen LogP contribution in [0.15, 0.2) is 42.9 Å². The lowest BCUT2D eigenvalue weighted by Gasteiger charge is -2.07. The maximum atomic E-state index is 15.3. The summed E-state index contributed by atoms with van der Waals surface area (Å²) in [7, 11) is 1.77. The number of nitrogens with one attached hydrogen (secondary N) is 2. The average Bonchev–Trinajstić information content (AvgIpc) is 3.30. The third-order valence-electron chi connectivity index (χ3n) is 4.12. The number of amides is 2. The molecule has 0 bridgehead atoms. The third kappa shape index (κ3) is 3.31. The number of urea groups is 1. The lowest BCUT2D eigenvalue weighted by Crippen LogP contribution is -2.28. The fourth-order valence-electron chi connectivity index (χ4n) is 2.89. The second-order valence-electron chi connectivity index (χ2n) is 6.08. The molecule has 0 aliphatic rings. The Hall–Kier alpha value is -3.33. The molecule has 0 atom stereocenters. The first-order valence-corrected chi connectivity index (χ1v) is 9.46. The van der Waals surface area contributed by atoms with Crippen LogP contribution in [0.25, 0.3) is 32.6 Å². The van der Waals surface area contributed by atoms with Gasteiger partial charge in [-0.1, -0.05) is 17.4 Å². The molecule has 4 aromatic rings. The van der Waals surface area contributed by atoms with E-state index in [2.05, 4.69) is 25.7 Å². The molecule has 0 saturated heterocycles. The van der Waals surface area contributed by atoms with Gasteiger partial charge >= 0.3 is 6.03 Å². The van der Waals surface area contributed by atoms with Crippen LogP contribution in [-0.2, 0) is 7.05 Å². The zero-order valence-corrected chi connectivity index (χ0v) is 16.0. The van der Waals surface area contributed by atoms with E-state index in [0.717, 1.165) is 5.56 Å². The van der Waals surface area contributed by atoms with Crippen molar-refractivity contribution >= 4 is 32.7 Å². The van der Waals surface area contributed by atoms with Crippen molar-refractivity contribution in [2.45, 2.75) is 6.92 Å². The molecule has 0 aliphatic heterocycles. The molecule has 9 heteroatoms. The molecule has 3 aromatic heterocycles. The Kier molecular flexibility index (Phi) is 4.74. The van der Waals surface area contributed by atoms with Crippen LogP contribution in [-0.4, -0.2) is 32.3 Å². The van der Waals surface area contributed by atoms with Gasteiger partial charge in [-0.2, -0.15) is 5.10 Å². The molecule has 28 heavy (non-hydrogen) atoms. The number of halogens is 1. The number of aromatic nitrogens is 4. The average molecular weight is 396 g/mol. The zero-order chi connectivity index (χ0) is 19.7. The summed E-state index contributed by atoms with van der Waals surface area (Å²) in [4.78, 5) is 20.6. The molecule has 0 spiro atoms. The molecule has 2 amide bonds. The molecule has 3 heterocycles. The van der Waals surface area contributed by atoms with Crippen molar-refractivity contribution in [2.75, 3.05) is 11.9 Å². The SMILES string of the molecule is CCNC(=O)Nc1nc2c(F)c(-c3cnn(C)c3)cc(-c3ccccn3)c2s1. The Morgan fingerprint density at radius 1 is 1.32 bits per heavy atom.